The highest BCUT2D eigenvalue weighted by Crippen LogP contribution is 2.27. The van der Waals surface area contributed by atoms with Gasteiger partial charge in [-0.2, -0.15) is 0 Å². The first kappa shape index (κ1) is 9.85. The normalized spacial score (nSPS) is 23.5. The molecule has 0 saturated carbocycles. The fourth-order valence-corrected chi connectivity index (χ4v) is 2.30. The maximum atomic E-state index is 11.5. The summed E-state index contributed by atoms with van der Waals surface area (Å²) in [6.07, 6.45) is 2.63. The van der Waals surface area contributed by atoms with Crippen molar-refractivity contribution in [2.24, 2.45) is 0 Å². The lowest BCUT2D eigenvalue weighted by Crippen LogP contribution is -2.15. The maximum absolute atomic E-state index is 11.5. The molecule has 2 aliphatic rings. The number of fused-ring (bicyclic) bond motifs is 1. The van der Waals surface area contributed by atoms with Gasteiger partial charge in [-0.3, -0.25) is 4.79 Å². The van der Waals surface area contributed by atoms with E-state index >= 15 is 0 Å². The van der Waals surface area contributed by atoms with Gasteiger partial charge in [0.05, 0.1) is 13.2 Å². The average Bonchev–Trinajstić information content (AvgIpc) is 2.90. The summed E-state index contributed by atoms with van der Waals surface area (Å²) in [7, 11) is 0. The number of benzene rings is 1. The zero-order valence-electron chi connectivity index (χ0n) is 9.07. The molecule has 3 heteroatoms. The van der Waals surface area contributed by atoms with E-state index in [0.717, 1.165) is 36.3 Å². The predicted octanol–water partition coefficient (Wildman–Crippen LogP) is 1.98. The third kappa shape index (κ3) is 1.71. The number of aryl methyl sites for hydroxylation is 1. The van der Waals surface area contributed by atoms with Gasteiger partial charge in [-0.15, -0.1) is 0 Å². The zero-order chi connectivity index (χ0) is 11.0. The largest absolute Gasteiger partial charge is 0.488 e. The molecule has 0 spiro atoms. The first-order valence-corrected chi connectivity index (χ1v) is 5.73. The van der Waals surface area contributed by atoms with E-state index < -0.39 is 0 Å². The topological polar surface area (TPSA) is 35.5 Å². The zero-order valence-corrected chi connectivity index (χ0v) is 9.07. The molecule has 1 unspecified atom stereocenters. The highest BCUT2D eigenvalue weighted by Gasteiger charge is 2.21. The van der Waals surface area contributed by atoms with E-state index in [0.29, 0.717) is 13.0 Å². The Balaban J connectivity index is 1.79. The summed E-state index contributed by atoms with van der Waals surface area (Å²) in [6.45, 7) is 1.46. The van der Waals surface area contributed by atoms with Crippen LogP contribution in [0.25, 0.3) is 0 Å². The number of carbonyl (C=O) groups is 1. The van der Waals surface area contributed by atoms with Crippen LogP contribution in [0.5, 0.6) is 5.75 Å². The van der Waals surface area contributed by atoms with Crippen molar-refractivity contribution in [2.75, 3.05) is 13.2 Å². The second-order valence-corrected chi connectivity index (χ2v) is 4.35. The monoisotopic (exact) mass is 218 g/mol. The molecule has 0 bridgehead atoms. The number of ketones is 1. The van der Waals surface area contributed by atoms with Crippen molar-refractivity contribution >= 4 is 5.78 Å². The van der Waals surface area contributed by atoms with Gasteiger partial charge < -0.3 is 9.47 Å². The molecule has 0 radical (unpaired) electrons. The molecule has 1 aliphatic carbocycles. The predicted molar refractivity (Wildman–Crippen MR) is 58.9 cm³/mol. The van der Waals surface area contributed by atoms with Gasteiger partial charge >= 0.3 is 0 Å². The second kappa shape index (κ2) is 3.91. The number of Topliss-reactive ketones (excluding diaryl/α,β-unsaturated/α-hetero) is 1. The Morgan fingerprint density at radius 1 is 1.31 bits per heavy atom. The Kier molecular flexibility index (Phi) is 2.40. The smallest absolute Gasteiger partial charge is 0.163 e. The van der Waals surface area contributed by atoms with Gasteiger partial charge in [0, 0.05) is 18.4 Å². The van der Waals surface area contributed by atoms with E-state index in [1.54, 1.807) is 0 Å². The highest BCUT2D eigenvalue weighted by molar-refractivity contribution is 6.00. The van der Waals surface area contributed by atoms with Gasteiger partial charge in [0.15, 0.2) is 5.78 Å². The number of ether oxygens (including phenoxy) is 2. The third-order valence-electron chi connectivity index (χ3n) is 3.19. The van der Waals surface area contributed by atoms with E-state index in [-0.39, 0.29) is 11.9 Å². The van der Waals surface area contributed by atoms with Crippen molar-refractivity contribution in [3.63, 3.8) is 0 Å². The summed E-state index contributed by atoms with van der Waals surface area (Å²) in [4.78, 5) is 11.5. The molecular formula is C13H14O3. The molecular weight excluding hydrogens is 204 g/mol. The van der Waals surface area contributed by atoms with E-state index in [2.05, 4.69) is 0 Å². The van der Waals surface area contributed by atoms with Crippen LogP contribution in [0.3, 0.4) is 0 Å². The van der Waals surface area contributed by atoms with Crippen LogP contribution in [0, 0.1) is 0 Å². The van der Waals surface area contributed by atoms with Crippen LogP contribution < -0.4 is 4.74 Å². The van der Waals surface area contributed by atoms with Gasteiger partial charge in [-0.25, -0.2) is 0 Å². The maximum Gasteiger partial charge on any atom is 0.163 e. The lowest BCUT2D eigenvalue weighted by atomic mass is 10.1. The molecule has 0 aromatic heterocycles. The molecule has 3 rings (SSSR count). The van der Waals surface area contributed by atoms with Crippen LogP contribution in [-0.4, -0.2) is 25.1 Å². The minimum absolute atomic E-state index is 0.176. The van der Waals surface area contributed by atoms with E-state index in [1.165, 1.54) is 0 Å². The summed E-state index contributed by atoms with van der Waals surface area (Å²) in [5.74, 6) is 1.12. The standard InChI is InChI=1S/C13H14O3/c14-13-4-1-9-7-10(2-3-12(9)13)16-11-5-6-15-8-11/h2-3,7,11H,1,4-6,8H2. The molecule has 3 nitrogen and oxygen atoms in total. The summed E-state index contributed by atoms with van der Waals surface area (Å²) < 4.78 is 11.1. The average molecular weight is 218 g/mol. The Hall–Kier alpha value is -1.35. The lowest BCUT2D eigenvalue weighted by Gasteiger charge is -2.12. The van der Waals surface area contributed by atoms with E-state index in [1.807, 2.05) is 18.2 Å². The highest BCUT2D eigenvalue weighted by atomic mass is 16.5. The molecule has 1 heterocycles. The first-order valence-electron chi connectivity index (χ1n) is 5.73. The summed E-state index contributed by atoms with van der Waals surface area (Å²) in [6, 6.07) is 5.77. The molecule has 1 aromatic rings. The van der Waals surface area contributed by atoms with Gasteiger partial charge in [-0.1, -0.05) is 0 Å². The Morgan fingerprint density at radius 3 is 3.06 bits per heavy atom. The number of carbonyl (C=O) groups excluding carboxylic acids is 1. The molecule has 0 N–H and O–H groups in total. The van der Waals surface area contributed by atoms with Crippen molar-refractivity contribution in [1.82, 2.24) is 0 Å². The van der Waals surface area contributed by atoms with Crippen molar-refractivity contribution in [3.8, 4) is 5.75 Å². The molecule has 1 fully saturated rings. The summed E-state index contributed by atoms with van der Waals surface area (Å²) >= 11 is 0. The van der Waals surface area contributed by atoms with Crippen LogP contribution in [0.1, 0.15) is 28.8 Å². The summed E-state index contributed by atoms with van der Waals surface area (Å²) in [5.41, 5.74) is 2.00. The number of rotatable bonds is 2. The third-order valence-corrected chi connectivity index (χ3v) is 3.19. The van der Waals surface area contributed by atoms with Gasteiger partial charge in [0.1, 0.15) is 11.9 Å². The molecule has 1 aromatic carbocycles. The Bertz CT molecular complexity index is 419. The fraction of sp³-hybridized carbons (Fsp3) is 0.462. The lowest BCUT2D eigenvalue weighted by molar-refractivity contribution is 0.0994. The molecule has 0 amide bonds. The van der Waals surface area contributed by atoms with Crippen molar-refractivity contribution in [2.45, 2.75) is 25.4 Å². The molecule has 84 valence electrons. The SMILES string of the molecule is O=C1CCc2cc(OC3CCOC3)ccc21. The minimum Gasteiger partial charge on any atom is -0.488 e. The Labute approximate surface area is 94.4 Å². The van der Waals surface area contributed by atoms with Crippen LogP contribution in [0.15, 0.2) is 18.2 Å². The van der Waals surface area contributed by atoms with Crippen molar-refractivity contribution in [1.29, 1.82) is 0 Å². The van der Waals surface area contributed by atoms with Crippen LogP contribution >= 0.6 is 0 Å². The number of hydrogen-bond acceptors (Lipinski definition) is 3. The first-order chi connectivity index (χ1) is 7.83. The van der Waals surface area contributed by atoms with Gasteiger partial charge in [-0.05, 0) is 30.2 Å². The summed E-state index contributed by atoms with van der Waals surface area (Å²) in [5, 5.41) is 0. The fourth-order valence-electron chi connectivity index (χ4n) is 2.30. The van der Waals surface area contributed by atoms with E-state index in [9.17, 15) is 4.79 Å². The van der Waals surface area contributed by atoms with Crippen molar-refractivity contribution in [3.05, 3.63) is 29.3 Å². The molecule has 1 atom stereocenters. The van der Waals surface area contributed by atoms with Crippen LogP contribution in [0.4, 0.5) is 0 Å². The van der Waals surface area contributed by atoms with Gasteiger partial charge in [0.25, 0.3) is 0 Å². The van der Waals surface area contributed by atoms with Crippen LogP contribution in [-0.2, 0) is 11.2 Å². The van der Waals surface area contributed by atoms with Crippen molar-refractivity contribution < 1.29 is 14.3 Å². The second-order valence-electron chi connectivity index (χ2n) is 4.35. The Morgan fingerprint density at radius 2 is 2.25 bits per heavy atom. The molecule has 16 heavy (non-hydrogen) atoms. The minimum atomic E-state index is 0.176. The molecule has 1 saturated heterocycles. The van der Waals surface area contributed by atoms with Gasteiger partial charge in [0.2, 0.25) is 0 Å². The van der Waals surface area contributed by atoms with Crippen LogP contribution in [0.2, 0.25) is 0 Å². The molecule has 1 aliphatic heterocycles. The van der Waals surface area contributed by atoms with E-state index in [4.69, 9.17) is 9.47 Å². The number of hydrogen-bond donors (Lipinski definition) is 0. The quantitative estimate of drug-likeness (QED) is 0.761.